The van der Waals surface area contributed by atoms with Gasteiger partial charge >= 0.3 is 0 Å². The summed E-state index contributed by atoms with van der Waals surface area (Å²) >= 11 is 0. The van der Waals surface area contributed by atoms with E-state index in [1.165, 1.54) is 42.6 Å². The number of hydrogen-bond donors (Lipinski definition) is 1. The van der Waals surface area contributed by atoms with Gasteiger partial charge in [-0.25, -0.2) is 0 Å². The van der Waals surface area contributed by atoms with Gasteiger partial charge in [-0.05, 0) is 57.2 Å². The molecule has 1 fully saturated rings. The number of piperidine rings is 1. The molecule has 1 saturated heterocycles. The molecule has 1 heterocycles. The van der Waals surface area contributed by atoms with Gasteiger partial charge in [0.2, 0.25) is 0 Å². The SMILES string of the molecule is Cc1cc(C)cc(C(N)CCN2CCCC(C)(C)C2)c1. The molecule has 2 N–H and O–H groups in total. The van der Waals surface area contributed by atoms with Gasteiger partial charge in [-0.3, -0.25) is 0 Å². The summed E-state index contributed by atoms with van der Waals surface area (Å²) in [6.45, 7) is 12.6. The molecule has 2 rings (SSSR count). The third-order valence-corrected chi connectivity index (χ3v) is 4.41. The zero-order valence-electron chi connectivity index (χ0n) is 13.6. The van der Waals surface area contributed by atoms with Gasteiger partial charge in [0.05, 0.1) is 0 Å². The highest BCUT2D eigenvalue weighted by molar-refractivity contribution is 5.30. The molecular formula is C18H30N2. The largest absolute Gasteiger partial charge is 0.324 e. The monoisotopic (exact) mass is 274 g/mol. The van der Waals surface area contributed by atoms with Gasteiger partial charge in [-0.15, -0.1) is 0 Å². The molecule has 1 aromatic rings. The van der Waals surface area contributed by atoms with Crippen molar-refractivity contribution in [2.75, 3.05) is 19.6 Å². The van der Waals surface area contributed by atoms with Crippen molar-refractivity contribution in [1.82, 2.24) is 4.90 Å². The Hall–Kier alpha value is -0.860. The molecule has 112 valence electrons. The Labute approximate surface area is 124 Å². The fourth-order valence-electron chi connectivity index (χ4n) is 3.45. The minimum absolute atomic E-state index is 0.165. The minimum Gasteiger partial charge on any atom is -0.324 e. The Morgan fingerprint density at radius 2 is 1.85 bits per heavy atom. The Kier molecular flexibility index (Phi) is 4.87. The molecule has 1 unspecified atom stereocenters. The fourth-order valence-corrected chi connectivity index (χ4v) is 3.45. The number of aryl methyl sites for hydroxylation is 2. The third kappa shape index (κ3) is 4.32. The summed E-state index contributed by atoms with van der Waals surface area (Å²) in [6, 6.07) is 6.84. The van der Waals surface area contributed by atoms with Crippen LogP contribution in [-0.2, 0) is 0 Å². The van der Waals surface area contributed by atoms with E-state index >= 15 is 0 Å². The summed E-state index contributed by atoms with van der Waals surface area (Å²) in [5.41, 5.74) is 10.8. The maximum absolute atomic E-state index is 6.39. The predicted molar refractivity (Wildman–Crippen MR) is 86.9 cm³/mol. The van der Waals surface area contributed by atoms with Gasteiger partial charge in [-0.2, -0.15) is 0 Å². The van der Waals surface area contributed by atoms with Crippen molar-refractivity contribution in [2.24, 2.45) is 11.1 Å². The second-order valence-electron chi connectivity index (χ2n) is 7.36. The Morgan fingerprint density at radius 3 is 2.45 bits per heavy atom. The Morgan fingerprint density at radius 1 is 1.20 bits per heavy atom. The lowest BCUT2D eigenvalue weighted by molar-refractivity contribution is 0.115. The molecule has 1 aliphatic heterocycles. The Balaban J connectivity index is 1.90. The first-order chi connectivity index (χ1) is 9.35. The zero-order valence-corrected chi connectivity index (χ0v) is 13.6. The molecule has 0 bridgehead atoms. The van der Waals surface area contributed by atoms with E-state index in [4.69, 9.17) is 5.73 Å². The van der Waals surface area contributed by atoms with Crippen LogP contribution in [0.4, 0.5) is 0 Å². The number of hydrogen-bond acceptors (Lipinski definition) is 2. The molecule has 0 saturated carbocycles. The van der Waals surface area contributed by atoms with E-state index in [1.807, 2.05) is 0 Å². The van der Waals surface area contributed by atoms with Crippen LogP contribution >= 0.6 is 0 Å². The summed E-state index contributed by atoms with van der Waals surface area (Å²) in [5.74, 6) is 0. The first-order valence-electron chi connectivity index (χ1n) is 7.92. The standard InChI is InChI=1S/C18H30N2/c1-14-10-15(2)12-16(11-14)17(19)6-9-20-8-5-7-18(3,4)13-20/h10-12,17H,5-9,13,19H2,1-4H3. The van der Waals surface area contributed by atoms with Crippen LogP contribution in [0.5, 0.6) is 0 Å². The van der Waals surface area contributed by atoms with Gasteiger partial charge in [0, 0.05) is 12.6 Å². The van der Waals surface area contributed by atoms with E-state index in [2.05, 4.69) is 50.8 Å². The van der Waals surface area contributed by atoms with Gasteiger partial charge < -0.3 is 10.6 Å². The number of nitrogens with two attached hydrogens (primary N) is 1. The molecule has 0 aromatic heterocycles. The van der Waals surface area contributed by atoms with Crippen LogP contribution in [0.25, 0.3) is 0 Å². The molecule has 0 radical (unpaired) electrons. The average molecular weight is 274 g/mol. The molecule has 0 spiro atoms. The minimum atomic E-state index is 0.165. The summed E-state index contributed by atoms with van der Waals surface area (Å²) in [7, 11) is 0. The van der Waals surface area contributed by atoms with Crippen LogP contribution in [0, 0.1) is 19.3 Å². The maximum atomic E-state index is 6.39. The maximum Gasteiger partial charge on any atom is 0.0307 e. The molecule has 1 aromatic carbocycles. The molecule has 1 aliphatic rings. The highest BCUT2D eigenvalue weighted by Crippen LogP contribution is 2.29. The molecule has 20 heavy (non-hydrogen) atoms. The lowest BCUT2D eigenvalue weighted by Gasteiger charge is -2.38. The number of benzene rings is 1. The van der Waals surface area contributed by atoms with Crippen LogP contribution < -0.4 is 5.73 Å². The second-order valence-corrected chi connectivity index (χ2v) is 7.36. The smallest absolute Gasteiger partial charge is 0.0307 e. The van der Waals surface area contributed by atoms with Gasteiger partial charge in [-0.1, -0.05) is 43.2 Å². The molecule has 2 nitrogen and oxygen atoms in total. The van der Waals surface area contributed by atoms with Crippen molar-refractivity contribution >= 4 is 0 Å². The van der Waals surface area contributed by atoms with Crippen LogP contribution in [0.2, 0.25) is 0 Å². The summed E-state index contributed by atoms with van der Waals surface area (Å²) in [4.78, 5) is 2.59. The molecule has 2 heteroatoms. The quantitative estimate of drug-likeness (QED) is 0.904. The van der Waals surface area contributed by atoms with Gasteiger partial charge in [0.15, 0.2) is 0 Å². The van der Waals surface area contributed by atoms with Crippen LogP contribution in [0.15, 0.2) is 18.2 Å². The normalized spacial score (nSPS) is 20.9. The van der Waals surface area contributed by atoms with E-state index < -0.39 is 0 Å². The topological polar surface area (TPSA) is 29.3 Å². The van der Waals surface area contributed by atoms with Crippen molar-refractivity contribution in [3.63, 3.8) is 0 Å². The fraction of sp³-hybridized carbons (Fsp3) is 0.667. The van der Waals surface area contributed by atoms with Gasteiger partial charge in [0.1, 0.15) is 0 Å². The van der Waals surface area contributed by atoms with Crippen LogP contribution in [-0.4, -0.2) is 24.5 Å². The zero-order chi connectivity index (χ0) is 14.8. The van der Waals surface area contributed by atoms with Crippen molar-refractivity contribution in [2.45, 2.75) is 53.0 Å². The number of rotatable bonds is 4. The third-order valence-electron chi connectivity index (χ3n) is 4.41. The summed E-state index contributed by atoms with van der Waals surface area (Å²) in [5, 5.41) is 0. The Bertz CT molecular complexity index is 430. The number of likely N-dealkylation sites (tertiary alicyclic amines) is 1. The van der Waals surface area contributed by atoms with Crippen molar-refractivity contribution in [3.05, 3.63) is 34.9 Å². The van der Waals surface area contributed by atoms with Crippen molar-refractivity contribution < 1.29 is 0 Å². The van der Waals surface area contributed by atoms with Crippen molar-refractivity contribution in [3.8, 4) is 0 Å². The first-order valence-corrected chi connectivity index (χ1v) is 7.92. The lowest BCUT2D eigenvalue weighted by Crippen LogP contribution is -2.41. The van der Waals surface area contributed by atoms with E-state index in [1.54, 1.807) is 0 Å². The highest BCUT2D eigenvalue weighted by atomic mass is 15.1. The average Bonchev–Trinajstić information content (AvgIpc) is 2.33. The lowest BCUT2D eigenvalue weighted by atomic mass is 9.84. The molecular weight excluding hydrogens is 244 g/mol. The van der Waals surface area contributed by atoms with Gasteiger partial charge in [0.25, 0.3) is 0 Å². The second kappa shape index (κ2) is 6.28. The van der Waals surface area contributed by atoms with E-state index in [0.717, 1.165) is 13.0 Å². The first kappa shape index (κ1) is 15.5. The van der Waals surface area contributed by atoms with E-state index in [9.17, 15) is 0 Å². The van der Waals surface area contributed by atoms with Crippen LogP contribution in [0.3, 0.4) is 0 Å². The molecule has 0 amide bonds. The highest BCUT2D eigenvalue weighted by Gasteiger charge is 2.26. The summed E-state index contributed by atoms with van der Waals surface area (Å²) < 4.78 is 0. The number of nitrogens with zero attached hydrogens (tertiary/aromatic N) is 1. The van der Waals surface area contributed by atoms with Crippen molar-refractivity contribution in [1.29, 1.82) is 0 Å². The van der Waals surface area contributed by atoms with Crippen LogP contribution in [0.1, 0.15) is 55.8 Å². The predicted octanol–water partition coefficient (Wildman–Crippen LogP) is 3.82. The van der Waals surface area contributed by atoms with E-state index in [0.29, 0.717) is 5.41 Å². The summed E-state index contributed by atoms with van der Waals surface area (Å²) in [6.07, 6.45) is 3.73. The van der Waals surface area contributed by atoms with E-state index in [-0.39, 0.29) is 6.04 Å². The molecule has 1 atom stereocenters. The molecule has 0 aliphatic carbocycles.